The Balaban J connectivity index is 1.83. The lowest BCUT2D eigenvalue weighted by molar-refractivity contribution is -0.143. The normalized spacial score (nSPS) is 17.8. The number of rotatable bonds is 3. The molecule has 1 saturated heterocycles. The highest BCUT2D eigenvalue weighted by Crippen LogP contribution is 2.20. The molecule has 1 aromatic heterocycles. The minimum Gasteiger partial charge on any atom is -0.481 e. The van der Waals surface area contributed by atoms with Crippen molar-refractivity contribution in [3.8, 4) is 5.69 Å². The van der Waals surface area contributed by atoms with Crippen molar-refractivity contribution < 1.29 is 23.5 Å². The van der Waals surface area contributed by atoms with Gasteiger partial charge in [0.25, 0.3) is 5.91 Å². The van der Waals surface area contributed by atoms with Gasteiger partial charge in [0.15, 0.2) is 17.3 Å². The number of carboxylic acids is 1. The number of nitrogens with zero attached hydrogens (tertiary/aromatic N) is 3. The summed E-state index contributed by atoms with van der Waals surface area (Å²) in [6.07, 6.45) is 2.41. The van der Waals surface area contributed by atoms with E-state index >= 15 is 0 Å². The van der Waals surface area contributed by atoms with Gasteiger partial charge in [-0.25, -0.2) is 13.5 Å². The lowest BCUT2D eigenvalue weighted by Gasteiger charge is -2.30. The number of amides is 1. The van der Waals surface area contributed by atoms with Crippen molar-refractivity contribution in [2.75, 3.05) is 13.1 Å². The number of hydrogen-bond donors (Lipinski definition) is 1. The average Bonchev–Trinajstić information content (AvgIpc) is 3.03. The van der Waals surface area contributed by atoms with E-state index in [0.29, 0.717) is 19.4 Å². The first kappa shape index (κ1) is 16.1. The van der Waals surface area contributed by atoms with Gasteiger partial charge in [-0.3, -0.25) is 9.59 Å². The predicted molar refractivity (Wildman–Crippen MR) is 79.7 cm³/mol. The highest BCUT2D eigenvalue weighted by molar-refractivity contribution is 5.92. The minimum absolute atomic E-state index is 0.0173. The Kier molecular flexibility index (Phi) is 4.28. The van der Waals surface area contributed by atoms with Crippen molar-refractivity contribution >= 4 is 11.9 Å². The molecule has 6 nitrogen and oxygen atoms in total. The molecule has 2 heterocycles. The molecule has 1 aliphatic heterocycles. The summed E-state index contributed by atoms with van der Waals surface area (Å²) in [5.41, 5.74) is -0.345. The summed E-state index contributed by atoms with van der Waals surface area (Å²) in [6, 6.07) is 4.80. The van der Waals surface area contributed by atoms with Gasteiger partial charge in [0.2, 0.25) is 0 Å². The number of hydrogen-bond acceptors (Lipinski definition) is 3. The predicted octanol–water partition coefficient (Wildman–Crippen LogP) is 2.09. The van der Waals surface area contributed by atoms with Crippen LogP contribution in [0.4, 0.5) is 8.78 Å². The van der Waals surface area contributed by atoms with E-state index in [1.165, 1.54) is 23.2 Å². The van der Waals surface area contributed by atoms with Crippen LogP contribution in [0.1, 0.15) is 23.3 Å². The van der Waals surface area contributed by atoms with E-state index < -0.39 is 29.4 Å². The summed E-state index contributed by atoms with van der Waals surface area (Å²) in [6.45, 7) is 0.540. The van der Waals surface area contributed by atoms with E-state index in [1.54, 1.807) is 0 Å². The second-order valence-corrected chi connectivity index (χ2v) is 5.64. The van der Waals surface area contributed by atoms with Crippen LogP contribution in [0.3, 0.4) is 0 Å². The first-order valence-corrected chi connectivity index (χ1v) is 7.49. The monoisotopic (exact) mass is 335 g/mol. The Labute approximate surface area is 136 Å². The van der Waals surface area contributed by atoms with Gasteiger partial charge >= 0.3 is 5.97 Å². The van der Waals surface area contributed by atoms with Crippen LogP contribution in [0.15, 0.2) is 30.5 Å². The van der Waals surface area contributed by atoms with Crippen molar-refractivity contribution in [3.63, 3.8) is 0 Å². The van der Waals surface area contributed by atoms with Crippen LogP contribution in [0, 0.1) is 17.6 Å². The summed E-state index contributed by atoms with van der Waals surface area (Å²) >= 11 is 0. The molecule has 1 amide bonds. The lowest BCUT2D eigenvalue weighted by Crippen LogP contribution is -2.42. The van der Waals surface area contributed by atoms with Gasteiger partial charge in [-0.1, -0.05) is 6.07 Å². The Morgan fingerprint density at radius 2 is 1.92 bits per heavy atom. The summed E-state index contributed by atoms with van der Waals surface area (Å²) in [4.78, 5) is 24.9. The smallest absolute Gasteiger partial charge is 0.308 e. The van der Waals surface area contributed by atoms with Crippen LogP contribution in [0.25, 0.3) is 5.69 Å². The number of piperidine rings is 1. The number of carbonyl (C=O) groups excluding carboxylic acids is 1. The zero-order valence-electron chi connectivity index (χ0n) is 12.7. The van der Waals surface area contributed by atoms with Crippen molar-refractivity contribution in [2.24, 2.45) is 5.92 Å². The number of likely N-dealkylation sites (tertiary alicyclic amines) is 1. The van der Waals surface area contributed by atoms with Crippen LogP contribution in [-0.2, 0) is 4.79 Å². The van der Waals surface area contributed by atoms with Crippen molar-refractivity contribution in [1.29, 1.82) is 0 Å². The quantitative estimate of drug-likeness (QED) is 0.932. The number of benzene rings is 1. The van der Waals surface area contributed by atoms with Crippen molar-refractivity contribution in [1.82, 2.24) is 14.7 Å². The molecule has 1 N–H and O–H groups in total. The number of aliphatic carboxylic acids is 1. The first-order chi connectivity index (χ1) is 11.5. The zero-order chi connectivity index (χ0) is 17.3. The summed E-state index contributed by atoms with van der Waals surface area (Å²) in [7, 11) is 0. The van der Waals surface area contributed by atoms with Gasteiger partial charge < -0.3 is 10.0 Å². The molecule has 0 unspecified atom stereocenters. The van der Waals surface area contributed by atoms with E-state index in [2.05, 4.69) is 5.10 Å². The fourth-order valence-electron chi connectivity index (χ4n) is 2.80. The Bertz CT molecular complexity index is 770. The van der Waals surface area contributed by atoms with Gasteiger partial charge in [-0.2, -0.15) is 5.10 Å². The third-order valence-corrected chi connectivity index (χ3v) is 4.03. The molecule has 2 aromatic rings. The van der Waals surface area contributed by atoms with Gasteiger partial charge in [-0.05, 0) is 31.0 Å². The number of aromatic nitrogens is 2. The van der Waals surface area contributed by atoms with E-state index in [4.69, 9.17) is 5.11 Å². The molecule has 0 saturated carbocycles. The number of para-hydroxylation sites is 1. The molecular weight excluding hydrogens is 320 g/mol. The molecular formula is C16H15F2N3O3. The van der Waals surface area contributed by atoms with Crippen LogP contribution in [0.5, 0.6) is 0 Å². The largest absolute Gasteiger partial charge is 0.481 e. The summed E-state index contributed by atoms with van der Waals surface area (Å²) < 4.78 is 28.5. The maximum Gasteiger partial charge on any atom is 0.308 e. The van der Waals surface area contributed by atoms with E-state index in [9.17, 15) is 18.4 Å². The SMILES string of the molecule is O=C(O)[C@H]1CCCN(C(=O)c2ccn(-c3c(F)cccc3F)n2)C1. The zero-order valence-corrected chi connectivity index (χ0v) is 12.7. The molecule has 126 valence electrons. The highest BCUT2D eigenvalue weighted by Gasteiger charge is 2.29. The molecule has 0 radical (unpaired) electrons. The second-order valence-electron chi connectivity index (χ2n) is 5.64. The molecule has 24 heavy (non-hydrogen) atoms. The summed E-state index contributed by atoms with van der Waals surface area (Å²) in [5, 5.41) is 13.0. The Morgan fingerprint density at radius 3 is 2.58 bits per heavy atom. The molecule has 0 spiro atoms. The molecule has 1 aliphatic rings. The number of carbonyl (C=O) groups is 2. The molecule has 1 fully saturated rings. The van der Waals surface area contributed by atoms with E-state index in [1.807, 2.05) is 0 Å². The van der Waals surface area contributed by atoms with Gasteiger partial charge in [0.05, 0.1) is 5.92 Å². The maximum atomic E-state index is 13.8. The summed E-state index contributed by atoms with van der Waals surface area (Å²) in [5.74, 6) is -3.57. The molecule has 0 bridgehead atoms. The van der Waals surface area contributed by atoms with Crippen molar-refractivity contribution in [3.05, 3.63) is 47.8 Å². The highest BCUT2D eigenvalue weighted by atomic mass is 19.1. The molecule has 1 aromatic carbocycles. The van der Waals surface area contributed by atoms with Crippen LogP contribution in [-0.4, -0.2) is 44.8 Å². The fourth-order valence-corrected chi connectivity index (χ4v) is 2.80. The van der Waals surface area contributed by atoms with Gasteiger partial charge in [-0.15, -0.1) is 0 Å². The van der Waals surface area contributed by atoms with Gasteiger partial charge in [0, 0.05) is 19.3 Å². The standard InChI is InChI=1S/C16H15F2N3O3/c17-11-4-1-5-12(18)14(11)21-8-6-13(19-21)15(22)20-7-2-3-10(9-20)16(23)24/h1,4-6,8,10H,2-3,7,9H2,(H,23,24)/t10-/m0/s1. The Hall–Kier alpha value is -2.77. The first-order valence-electron chi connectivity index (χ1n) is 7.49. The van der Waals surface area contributed by atoms with Gasteiger partial charge in [0.1, 0.15) is 5.69 Å². The fraction of sp³-hybridized carbons (Fsp3) is 0.312. The van der Waals surface area contributed by atoms with E-state index in [0.717, 1.165) is 16.8 Å². The number of halogens is 2. The number of carboxylic acid groups (broad SMARTS) is 1. The molecule has 3 rings (SSSR count). The second kappa shape index (κ2) is 6.38. The minimum atomic E-state index is -0.938. The maximum absolute atomic E-state index is 13.8. The Morgan fingerprint density at radius 1 is 1.21 bits per heavy atom. The lowest BCUT2D eigenvalue weighted by atomic mass is 9.98. The molecule has 1 atom stereocenters. The third-order valence-electron chi connectivity index (χ3n) is 4.03. The molecule has 8 heteroatoms. The van der Waals surface area contributed by atoms with Crippen LogP contribution >= 0.6 is 0 Å². The van der Waals surface area contributed by atoms with E-state index in [-0.39, 0.29) is 17.9 Å². The third kappa shape index (κ3) is 2.99. The van der Waals surface area contributed by atoms with Crippen LogP contribution < -0.4 is 0 Å². The average molecular weight is 335 g/mol. The topological polar surface area (TPSA) is 75.4 Å². The molecule has 0 aliphatic carbocycles. The van der Waals surface area contributed by atoms with Crippen LogP contribution in [0.2, 0.25) is 0 Å². The van der Waals surface area contributed by atoms with Crippen molar-refractivity contribution in [2.45, 2.75) is 12.8 Å².